The second-order valence-corrected chi connectivity index (χ2v) is 7.07. The maximum Gasteiger partial charge on any atom is 0.132 e. The molecule has 0 spiro atoms. The smallest absolute Gasteiger partial charge is 0.132 e. The van der Waals surface area contributed by atoms with E-state index in [4.69, 9.17) is 4.74 Å². The maximum absolute atomic E-state index is 14.7. The van der Waals surface area contributed by atoms with Crippen molar-refractivity contribution < 1.29 is 24.4 Å². The summed E-state index contributed by atoms with van der Waals surface area (Å²) in [7, 11) is 0. The van der Waals surface area contributed by atoms with Gasteiger partial charge in [0.05, 0.1) is 30.4 Å². The van der Waals surface area contributed by atoms with Gasteiger partial charge in [0.1, 0.15) is 11.6 Å². The van der Waals surface area contributed by atoms with E-state index >= 15 is 0 Å². The zero-order valence-electron chi connectivity index (χ0n) is 14.8. The average molecular weight is 371 g/mol. The van der Waals surface area contributed by atoms with Crippen molar-refractivity contribution in [2.45, 2.75) is 37.7 Å². The summed E-state index contributed by atoms with van der Waals surface area (Å²) in [4.78, 5) is 0. The van der Waals surface area contributed by atoms with Gasteiger partial charge in [-0.1, -0.05) is 18.2 Å². The number of benzene rings is 2. The van der Waals surface area contributed by atoms with Crippen molar-refractivity contribution in [1.29, 1.82) is 0 Å². The van der Waals surface area contributed by atoms with Crippen LogP contribution in [0.1, 0.15) is 30.1 Å². The van der Waals surface area contributed by atoms with Crippen LogP contribution in [0.4, 0.5) is 4.39 Å². The summed E-state index contributed by atoms with van der Waals surface area (Å²) in [5.74, 6) is -0.140. The Hall–Kier alpha value is -2.41. The number of aliphatic hydroxyl groups is 2. The van der Waals surface area contributed by atoms with Gasteiger partial charge in [-0.3, -0.25) is 0 Å². The van der Waals surface area contributed by atoms with E-state index in [9.17, 15) is 19.7 Å². The van der Waals surface area contributed by atoms with Crippen molar-refractivity contribution in [2.24, 2.45) is 0 Å². The number of ether oxygens (including phenoxy) is 1. The molecule has 1 aliphatic rings. The van der Waals surface area contributed by atoms with Crippen molar-refractivity contribution in [1.82, 2.24) is 4.57 Å². The van der Waals surface area contributed by atoms with Gasteiger partial charge in [0.2, 0.25) is 0 Å². The van der Waals surface area contributed by atoms with E-state index in [0.717, 1.165) is 11.1 Å². The molecule has 0 bridgehead atoms. The minimum atomic E-state index is -0.594. The van der Waals surface area contributed by atoms with Crippen molar-refractivity contribution >= 4 is 10.9 Å². The van der Waals surface area contributed by atoms with E-state index in [1.807, 2.05) is 29.0 Å². The standard InChI is InChI=1S/C21H22FNO4/c22-18-2-1-3-19-21(18)17(20-9-15(26)8-16(12-24)27-20)11-23(19)10-13-4-6-14(25)7-5-13/h1-7,11,15-16,20,24-26H,8-10,12H2/t15-,16-,20+/m0/s1. The van der Waals surface area contributed by atoms with Crippen molar-refractivity contribution in [3.8, 4) is 5.75 Å². The van der Waals surface area contributed by atoms with Gasteiger partial charge >= 0.3 is 0 Å². The number of aliphatic hydroxyl groups excluding tert-OH is 2. The molecule has 2 aromatic carbocycles. The first-order chi connectivity index (χ1) is 13.0. The van der Waals surface area contributed by atoms with E-state index in [1.54, 1.807) is 18.2 Å². The molecule has 0 amide bonds. The lowest BCUT2D eigenvalue weighted by molar-refractivity contribution is -0.113. The van der Waals surface area contributed by atoms with Gasteiger partial charge in [-0.25, -0.2) is 4.39 Å². The minimum absolute atomic E-state index is 0.178. The molecule has 0 unspecified atom stereocenters. The van der Waals surface area contributed by atoms with Gasteiger partial charge in [0.25, 0.3) is 0 Å². The average Bonchev–Trinajstić information content (AvgIpc) is 3.03. The molecule has 6 heteroatoms. The number of rotatable bonds is 4. The summed E-state index contributed by atoms with van der Waals surface area (Å²) >= 11 is 0. The molecule has 1 saturated heterocycles. The molecular weight excluding hydrogens is 349 g/mol. The third kappa shape index (κ3) is 3.56. The summed E-state index contributed by atoms with van der Waals surface area (Å²) in [6.07, 6.45) is 1.07. The van der Waals surface area contributed by atoms with Gasteiger partial charge in [-0.2, -0.15) is 0 Å². The van der Waals surface area contributed by atoms with Gasteiger partial charge in [-0.15, -0.1) is 0 Å². The Balaban J connectivity index is 1.75. The molecule has 3 atom stereocenters. The van der Waals surface area contributed by atoms with E-state index < -0.39 is 18.3 Å². The molecule has 1 aromatic heterocycles. The molecule has 4 rings (SSSR count). The maximum atomic E-state index is 14.7. The number of nitrogens with zero attached hydrogens (tertiary/aromatic N) is 1. The van der Waals surface area contributed by atoms with Crippen LogP contribution in [0.25, 0.3) is 10.9 Å². The molecule has 142 valence electrons. The van der Waals surface area contributed by atoms with Gasteiger partial charge in [0.15, 0.2) is 0 Å². The Kier molecular flexibility index (Phi) is 4.86. The molecule has 1 fully saturated rings. The van der Waals surface area contributed by atoms with Gasteiger partial charge < -0.3 is 24.6 Å². The third-order valence-corrected chi connectivity index (χ3v) is 5.10. The lowest BCUT2D eigenvalue weighted by atomic mass is 9.96. The van der Waals surface area contributed by atoms with Crippen LogP contribution in [-0.2, 0) is 11.3 Å². The number of halogens is 1. The zero-order chi connectivity index (χ0) is 19.0. The Morgan fingerprint density at radius 3 is 2.63 bits per heavy atom. The summed E-state index contributed by atoms with van der Waals surface area (Å²) in [6.45, 7) is 0.334. The van der Waals surface area contributed by atoms with E-state index in [1.165, 1.54) is 6.07 Å². The number of aromatic nitrogens is 1. The fourth-order valence-electron chi connectivity index (χ4n) is 3.82. The Morgan fingerprint density at radius 1 is 1.11 bits per heavy atom. The van der Waals surface area contributed by atoms with Crippen LogP contribution in [-0.4, -0.2) is 38.7 Å². The zero-order valence-corrected chi connectivity index (χ0v) is 14.8. The molecule has 5 nitrogen and oxygen atoms in total. The lowest BCUT2D eigenvalue weighted by Gasteiger charge is -2.32. The summed E-state index contributed by atoms with van der Waals surface area (Å²) in [6, 6.07) is 11.8. The summed E-state index contributed by atoms with van der Waals surface area (Å²) in [5.41, 5.74) is 2.39. The first-order valence-corrected chi connectivity index (χ1v) is 9.04. The monoisotopic (exact) mass is 371 g/mol. The largest absolute Gasteiger partial charge is 0.508 e. The highest BCUT2D eigenvalue weighted by atomic mass is 19.1. The van der Waals surface area contributed by atoms with Gasteiger partial charge in [-0.05, 0) is 29.8 Å². The highest BCUT2D eigenvalue weighted by Crippen LogP contribution is 2.37. The van der Waals surface area contributed by atoms with Crippen molar-refractivity contribution in [3.05, 3.63) is 65.6 Å². The molecular formula is C21H22FNO4. The highest BCUT2D eigenvalue weighted by Gasteiger charge is 2.31. The summed E-state index contributed by atoms with van der Waals surface area (Å²) < 4.78 is 22.5. The van der Waals surface area contributed by atoms with E-state index in [0.29, 0.717) is 30.3 Å². The van der Waals surface area contributed by atoms with Gasteiger partial charge in [0, 0.05) is 36.5 Å². The summed E-state index contributed by atoms with van der Waals surface area (Å²) in [5, 5.41) is 29.5. The molecule has 0 saturated carbocycles. The fraction of sp³-hybridized carbons (Fsp3) is 0.333. The van der Waals surface area contributed by atoms with Crippen LogP contribution in [0, 0.1) is 5.82 Å². The normalized spacial score (nSPS) is 23.0. The van der Waals surface area contributed by atoms with Crippen LogP contribution >= 0.6 is 0 Å². The molecule has 3 aromatic rings. The number of hydrogen-bond donors (Lipinski definition) is 3. The molecule has 2 heterocycles. The second-order valence-electron chi connectivity index (χ2n) is 7.07. The predicted molar refractivity (Wildman–Crippen MR) is 99.0 cm³/mol. The molecule has 1 aliphatic heterocycles. The number of fused-ring (bicyclic) bond motifs is 1. The van der Waals surface area contributed by atoms with Crippen LogP contribution in [0.5, 0.6) is 5.75 Å². The predicted octanol–water partition coefficient (Wildman–Crippen LogP) is 3.11. The first kappa shape index (κ1) is 18.0. The van der Waals surface area contributed by atoms with E-state index in [2.05, 4.69) is 0 Å². The van der Waals surface area contributed by atoms with Crippen LogP contribution in [0.15, 0.2) is 48.7 Å². The van der Waals surface area contributed by atoms with Crippen molar-refractivity contribution in [3.63, 3.8) is 0 Å². The molecule has 0 aliphatic carbocycles. The Labute approximate surface area is 156 Å². The Bertz CT molecular complexity index is 937. The number of aromatic hydroxyl groups is 1. The van der Waals surface area contributed by atoms with Crippen molar-refractivity contribution in [2.75, 3.05) is 6.61 Å². The minimum Gasteiger partial charge on any atom is -0.508 e. The quantitative estimate of drug-likeness (QED) is 0.659. The molecule has 27 heavy (non-hydrogen) atoms. The topological polar surface area (TPSA) is 74.9 Å². The molecule has 0 radical (unpaired) electrons. The molecule has 3 N–H and O–H groups in total. The Morgan fingerprint density at radius 2 is 1.89 bits per heavy atom. The third-order valence-electron chi connectivity index (χ3n) is 5.10. The lowest BCUT2D eigenvalue weighted by Crippen LogP contribution is -2.33. The number of phenols is 1. The second kappa shape index (κ2) is 7.31. The van der Waals surface area contributed by atoms with Crippen LogP contribution in [0.3, 0.4) is 0 Å². The first-order valence-electron chi connectivity index (χ1n) is 9.04. The van der Waals surface area contributed by atoms with E-state index in [-0.39, 0.29) is 18.2 Å². The highest BCUT2D eigenvalue weighted by molar-refractivity contribution is 5.85. The number of phenolic OH excluding ortho intramolecular Hbond substituents is 1. The SMILES string of the molecule is OC[C@@H]1C[C@H](O)C[C@H](c2cn(Cc3ccc(O)cc3)c3cccc(F)c23)O1. The van der Waals surface area contributed by atoms with Crippen LogP contribution < -0.4 is 0 Å². The van der Waals surface area contributed by atoms with Crippen LogP contribution in [0.2, 0.25) is 0 Å². The fourth-order valence-corrected chi connectivity index (χ4v) is 3.82. The number of hydrogen-bond acceptors (Lipinski definition) is 4.